The van der Waals surface area contributed by atoms with Gasteiger partial charge in [0, 0.05) is 20.4 Å². The van der Waals surface area contributed by atoms with Crippen molar-refractivity contribution in [2.24, 2.45) is 0 Å². The first kappa shape index (κ1) is 18.9. The van der Waals surface area contributed by atoms with E-state index in [1.54, 1.807) is 12.1 Å². The molecule has 0 heterocycles. The van der Waals surface area contributed by atoms with Gasteiger partial charge in [-0.05, 0) is 40.5 Å². The van der Waals surface area contributed by atoms with Gasteiger partial charge in [-0.2, -0.15) is 0 Å². The number of fused-ring (bicyclic) bond motifs is 3. The van der Waals surface area contributed by atoms with Crippen LogP contribution in [0.4, 0.5) is 0 Å². The van der Waals surface area contributed by atoms with E-state index >= 15 is 0 Å². The van der Waals surface area contributed by atoms with Crippen molar-refractivity contribution < 1.29 is 14.7 Å². The molecule has 4 nitrogen and oxygen atoms in total. The van der Waals surface area contributed by atoms with Crippen molar-refractivity contribution >= 4 is 43.7 Å². The second-order valence-electron chi connectivity index (χ2n) is 6.60. The smallest absolute Gasteiger partial charge is 0.327 e. The normalized spacial score (nSPS) is 13.5. The third-order valence-electron chi connectivity index (χ3n) is 4.89. The monoisotopic (exact) mass is 499 g/mol. The Labute approximate surface area is 178 Å². The molecule has 0 spiro atoms. The number of hydrogen-bond donors (Lipinski definition) is 2. The summed E-state index contributed by atoms with van der Waals surface area (Å²) in [6.07, 6.45) is 0. The molecule has 2 N–H and O–H groups in total. The van der Waals surface area contributed by atoms with Crippen LogP contribution in [0.3, 0.4) is 0 Å². The number of halogens is 2. The molecule has 1 aliphatic carbocycles. The number of hydrogen-bond acceptors (Lipinski definition) is 2. The van der Waals surface area contributed by atoms with E-state index in [4.69, 9.17) is 0 Å². The number of benzene rings is 3. The van der Waals surface area contributed by atoms with E-state index in [2.05, 4.69) is 37.2 Å². The zero-order valence-corrected chi connectivity index (χ0v) is 17.7. The SMILES string of the molecule is O=C(N[C@H](C(=O)O)C1c2ccccc2-c2ccccc21)c1cc(Br)cc(Br)c1. The predicted molar refractivity (Wildman–Crippen MR) is 114 cm³/mol. The van der Waals surface area contributed by atoms with Gasteiger partial charge in [-0.1, -0.05) is 80.4 Å². The van der Waals surface area contributed by atoms with Crippen LogP contribution in [-0.4, -0.2) is 23.0 Å². The summed E-state index contributed by atoms with van der Waals surface area (Å²) in [4.78, 5) is 25.0. The Kier molecular flexibility index (Phi) is 5.08. The van der Waals surface area contributed by atoms with Gasteiger partial charge in [0.05, 0.1) is 0 Å². The van der Waals surface area contributed by atoms with Gasteiger partial charge in [0.1, 0.15) is 6.04 Å². The van der Waals surface area contributed by atoms with Crippen molar-refractivity contribution in [2.75, 3.05) is 0 Å². The molecule has 0 aliphatic heterocycles. The average molecular weight is 501 g/mol. The summed E-state index contributed by atoms with van der Waals surface area (Å²) in [6.45, 7) is 0. The van der Waals surface area contributed by atoms with Crippen molar-refractivity contribution in [3.05, 3.63) is 92.4 Å². The summed E-state index contributed by atoms with van der Waals surface area (Å²) >= 11 is 6.72. The van der Waals surface area contributed by atoms with E-state index in [9.17, 15) is 14.7 Å². The predicted octanol–water partition coefficient (Wildman–Crippen LogP) is 5.21. The van der Waals surface area contributed by atoms with Crippen molar-refractivity contribution in [1.29, 1.82) is 0 Å². The number of nitrogens with one attached hydrogen (secondary N) is 1. The highest BCUT2D eigenvalue weighted by molar-refractivity contribution is 9.11. The van der Waals surface area contributed by atoms with E-state index < -0.39 is 23.8 Å². The van der Waals surface area contributed by atoms with Crippen molar-refractivity contribution in [3.63, 3.8) is 0 Å². The van der Waals surface area contributed by atoms with Gasteiger partial charge >= 0.3 is 5.97 Å². The number of carbonyl (C=O) groups is 2. The van der Waals surface area contributed by atoms with Crippen LogP contribution in [-0.2, 0) is 4.79 Å². The van der Waals surface area contributed by atoms with Gasteiger partial charge in [0.15, 0.2) is 0 Å². The second kappa shape index (κ2) is 7.53. The van der Waals surface area contributed by atoms with Gasteiger partial charge in [-0.3, -0.25) is 4.79 Å². The molecule has 0 saturated carbocycles. The molecular weight excluding hydrogens is 486 g/mol. The van der Waals surface area contributed by atoms with Crippen LogP contribution in [0.1, 0.15) is 27.4 Å². The highest BCUT2D eigenvalue weighted by Gasteiger charge is 2.38. The largest absolute Gasteiger partial charge is 0.480 e. The van der Waals surface area contributed by atoms with Crippen LogP contribution in [0.2, 0.25) is 0 Å². The molecule has 0 bridgehead atoms. The third-order valence-corrected chi connectivity index (χ3v) is 5.81. The van der Waals surface area contributed by atoms with Crippen molar-refractivity contribution in [2.45, 2.75) is 12.0 Å². The van der Waals surface area contributed by atoms with Gasteiger partial charge in [0.25, 0.3) is 5.91 Å². The Bertz CT molecular complexity index is 1030. The highest BCUT2D eigenvalue weighted by atomic mass is 79.9. The lowest BCUT2D eigenvalue weighted by Gasteiger charge is -2.23. The lowest BCUT2D eigenvalue weighted by molar-refractivity contribution is -0.139. The average Bonchev–Trinajstić information content (AvgIpc) is 2.99. The highest BCUT2D eigenvalue weighted by Crippen LogP contribution is 2.46. The third kappa shape index (κ3) is 3.38. The van der Waals surface area contributed by atoms with Crippen molar-refractivity contribution in [3.8, 4) is 11.1 Å². The summed E-state index contributed by atoms with van der Waals surface area (Å²) in [6, 6.07) is 19.5. The van der Waals surface area contributed by atoms with E-state index in [1.807, 2.05) is 54.6 Å². The summed E-state index contributed by atoms with van der Waals surface area (Å²) in [5, 5.41) is 12.7. The molecule has 0 aromatic heterocycles. The minimum absolute atomic E-state index is 0.382. The molecule has 4 rings (SSSR count). The molecule has 1 atom stereocenters. The molecular formula is C22H15Br2NO3. The fourth-order valence-corrected chi connectivity index (χ4v) is 5.04. The molecule has 0 saturated heterocycles. The van der Waals surface area contributed by atoms with Crippen LogP contribution < -0.4 is 5.32 Å². The Hall–Kier alpha value is -2.44. The topological polar surface area (TPSA) is 66.4 Å². The van der Waals surface area contributed by atoms with E-state index in [0.717, 1.165) is 31.2 Å². The number of carboxylic acids is 1. The first-order valence-electron chi connectivity index (χ1n) is 8.63. The number of carbonyl (C=O) groups excluding carboxylic acids is 1. The van der Waals surface area contributed by atoms with Gasteiger partial charge in [-0.15, -0.1) is 0 Å². The summed E-state index contributed by atoms with van der Waals surface area (Å²) in [7, 11) is 0. The lowest BCUT2D eigenvalue weighted by Crippen LogP contribution is -2.44. The minimum atomic E-state index is -1.09. The Morgan fingerprint density at radius 1 is 0.857 bits per heavy atom. The Morgan fingerprint density at radius 2 is 1.36 bits per heavy atom. The summed E-state index contributed by atoms with van der Waals surface area (Å²) in [5.74, 6) is -1.96. The first-order valence-corrected chi connectivity index (χ1v) is 10.2. The van der Waals surface area contributed by atoms with E-state index in [-0.39, 0.29) is 0 Å². The van der Waals surface area contributed by atoms with E-state index in [1.165, 1.54) is 0 Å². The maximum Gasteiger partial charge on any atom is 0.327 e. The molecule has 3 aromatic rings. The molecule has 0 radical (unpaired) electrons. The zero-order valence-electron chi connectivity index (χ0n) is 14.5. The fraction of sp³-hybridized carbons (Fsp3) is 0.0909. The maximum atomic E-state index is 12.8. The zero-order chi connectivity index (χ0) is 19.8. The van der Waals surface area contributed by atoms with Crippen LogP contribution in [0, 0.1) is 0 Å². The van der Waals surface area contributed by atoms with Crippen LogP contribution >= 0.6 is 31.9 Å². The molecule has 28 heavy (non-hydrogen) atoms. The minimum Gasteiger partial charge on any atom is -0.480 e. The first-order chi connectivity index (χ1) is 13.5. The molecule has 0 unspecified atom stereocenters. The fourth-order valence-electron chi connectivity index (χ4n) is 3.75. The number of rotatable bonds is 4. The summed E-state index contributed by atoms with van der Waals surface area (Å²) in [5.41, 5.74) is 4.22. The van der Waals surface area contributed by atoms with Gasteiger partial charge < -0.3 is 10.4 Å². The maximum absolute atomic E-state index is 12.8. The lowest BCUT2D eigenvalue weighted by atomic mass is 9.89. The molecule has 1 aliphatic rings. The van der Waals surface area contributed by atoms with Crippen LogP contribution in [0.25, 0.3) is 11.1 Å². The number of amides is 1. The second-order valence-corrected chi connectivity index (χ2v) is 8.43. The van der Waals surface area contributed by atoms with Crippen LogP contribution in [0.5, 0.6) is 0 Å². The Balaban J connectivity index is 1.75. The van der Waals surface area contributed by atoms with Gasteiger partial charge in [0.2, 0.25) is 0 Å². The Morgan fingerprint density at radius 3 is 1.86 bits per heavy atom. The molecule has 0 fully saturated rings. The number of carboxylic acid groups (broad SMARTS) is 1. The van der Waals surface area contributed by atoms with Crippen LogP contribution in [0.15, 0.2) is 75.7 Å². The summed E-state index contributed by atoms with van der Waals surface area (Å²) < 4.78 is 1.46. The molecule has 1 amide bonds. The molecule has 3 aromatic carbocycles. The number of aliphatic carboxylic acids is 1. The quantitative estimate of drug-likeness (QED) is 0.517. The molecule has 140 valence electrons. The van der Waals surface area contributed by atoms with E-state index in [0.29, 0.717) is 5.56 Å². The molecule has 6 heteroatoms. The van der Waals surface area contributed by atoms with Gasteiger partial charge in [-0.25, -0.2) is 4.79 Å². The van der Waals surface area contributed by atoms with Crippen molar-refractivity contribution in [1.82, 2.24) is 5.32 Å². The standard InChI is InChI=1S/C22H15Br2NO3/c23-13-9-12(10-14(24)11-13)21(26)25-20(22(27)28)19-17-7-3-1-5-15(17)16-6-2-4-8-18(16)19/h1-11,19-20H,(H,25,26)(H,27,28)/t20-/m0/s1.